The second kappa shape index (κ2) is 10.3. The average molecular weight is 473 g/mol. The number of aromatic nitrogens is 2. The topological polar surface area (TPSA) is 126 Å². The fourth-order valence-electron chi connectivity index (χ4n) is 3.29. The number of fused-ring (bicyclic) bond motifs is 1. The summed E-state index contributed by atoms with van der Waals surface area (Å²) in [6, 6.07) is 7.98. The number of amides is 1. The van der Waals surface area contributed by atoms with Gasteiger partial charge >= 0.3 is 11.7 Å². The Morgan fingerprint density at radius 1 is 1.24 bits per heavy atom. The monoisotopic (exact) mass is 472 g/mol. The lowest BCUT2D eigenvalue weighted by Gasteiger charge is -2.11. The van der Waals surface area contributed by atoms with E-state index in [0.29, 0.717) is 34.0 Å². The van der Waals surface area contributed by atoms with Crippen molar-refractivity contribution >= 4 is 46.0 Å². The molecule has 0 fully saturated rings. The van der Waals surface area contributed by atoms with Gasteiger partial charge in [-0.25, -0.2) is 9.78 Å². The summed E-state index contributed by atoms with van der Waals surface area (Å²) in [6.45, 7) is 6.31. The number of carbonyl (C=O) groups is 2. The molecule has 0 atom stereocenters. The van der Waals surface area contributed by atoms with Crippen molar-refractivity contribution in [2.24, 2.45) is 0 Å². The van der Waals surface area contributed by atoms with E-state index >= 15 is 0 Å². The molecule has 10 nitrogen and oxygen atoms in total. The molecule has 1 aromatic heterocycles. The van der Waals surface area contributed by atoms with E-state index in [1.165, 1.54) is 31.0 Å². The molecule has 2 aromatic carbocycles. The number of aryl methyl sites for hydroxylation is 2. The van der Waals surface area contributed by atoms with Gasteiger partial charge in [0.15, 0.2) is 10.9 Å². The Kier molecular flexibility index (Phi) is 7.54. The van der Waals surface area contributed by atoms with Crippen LogP contribution < -0.4 is 10.1 Å². The number of carbonyl (C=O) groups excluding carboxylic acids is 2. The average Bonchev–Trinajstić information content (AvgIpc) is 3.15. The molecule has 0 unspecified atom stereocenters. The van der Waals surface area contributed by atoms with Gasteiger partial charge in [0, 0.05) is 24.4 Å². The van der Waals surface area contributed by atoms with Crippen molar-refractivity contribution in [3.05, 3.63) is 51.6 Å². The van der Waals surface area contributed by atoms with E-state index in [9.17, 15) is 19.7 Å². The molecule has 174 valence electrons. The molecule has 3 rings (SSSR count). The minimum Gasteiger partial charge on any atom is -0.490 e. The molecule has 1 N–H and O–H groups in total. The number of imidazole rings is 1. The molecule has 0 aliphatic rings. The maximum absolute atomic E-state index is 12.6. The number of hydrogen-bond donors (Lipinski definition) is 1. The second-order valence-corrected chi connectivity index (χ2v) is 7.94. The first-order valence-electron chi connectivity index (χ1n) is 10.2. The van der Waals surface area contributed by atoms with E-state index in [1.54, 1.807) is 26.0 Å². The molecular formula is C22H24N4O6S. The molecule has 3 aromatic rings. The van der Waals surface area contributed by atoms with Crippen LogP contribution in [0.4, 0.5) is 11.4 Å². The Bertz CT molecular complexity index is 1220. The van der Waals surface area contributed by atoms with Gasteiger partial charge < -0.3 is 19.4 Å². The number of hydrogen-bond acceptors (Lipinski definition) is 8. The van der Waals surface area contributed by atoms with Crippen molar-refractivity contribution in [3.63, 3.8) is 0 Å². The molecular weight excluding hydrogens is 448 g/mol. The molecule has 0 spiro atoms. The number of nitro groups is 1. The largest absolute Gasteiger partial charge is 0.490 e. The Labute approximate surface area is 194 Å². The van der Waals surface area contributed by atoms with Gasteiger partial charge in [-0.15, -0.1) is 0 Å². The number of esters is 1. The summed E-state index contributed by atoms with van der Waals surface area (Å²) in [6.07, 6.45) is 0. The highest BCUT2D eigenvalue weighted by Gasteiger charge is 2.19. The molecule has 0 radical (unpaired) electrons. The number of nitrogens with zero attached hydrogens (tertiary/aromatic N) is 3. The van der Waals surface area contributed by atoms with Crippen molar-refractivity contribution in [1.82, 2.24) is 9.55 Å². The van der Waals surface area contributed by atoms with E-state index in [4.69, 9.17) is 9.47 Å². The van der Waals surface area contributed by atoms with E-state index in [1.807, 2.05) is 17.6 Å². The second-order valence-electron chi connectivity index (χ2n) is 7.00. The van der Waals surface area contributed by atoms with Crippen molar-refractivity contribution in [3.8, 4) is 5.75 Å². The molecule has 0 aliphatic heterocycles. The summed E-state index contributed by atoms with van der Waals surface area (Å²) in [5.41, 5.74) is 2.73. The third-order valence-corrected chi connectivity index (χ3v) is 5.85. The highest BCUT2D eigenvalue weighted by atomic mass is 32.2. The highest BCUT2D eigenvalue weighted by molar-refractivity contribution is 7.99. The zero-order valence-corrected chi connectivity index (χ0v) is 19.5. The number of anilines is 1. The zero-order valence-electron chi connectivity index (χ0n) is 18.7. The van der Waals surface area contributed by atoms with Crippen molar-refractivity contribution in [2.45, 2.75) is 32.5 Å². The predicted octanol–water partition coefficient (Wildman–Crippen LogP) is 4.19. The molecule has 0 saturated carbocycles. The maximum Gasteiger partial charge on any atom is 0.338 e. The van der Waals surface area contributed by atoms with Gasteiger partial charge in [-0.3, -0.25) is 14.9 Å². The fraction of sp³-hybridized carbons (Fsp3) is 0.318. The van der Waals surface area contributed by atoms with Crippen LogP contribution in [0.3, 0.4) is 0 Å². The number of methoxy groups -OCH3 is 1. The Morgan fingerprint density at radius 3 is 2.64 bits per heavy atom. The Balaban J connectivity index is 1.76. The number of ether oxygens (including phenoxy) is 2. The van der Waals surface area contributed by atoms with Gasteiger partial charge in [0.2, 0.25) is 5.91 Å². The maximum atomic E-state index is 12.6. The fourth-order valence-corrected chi connectivity index (χ4v) is 4.17. The van der Waals surface area contributed by atoms with Crippen LogP contribution in [-0.4, -0.2) is 45.8 Å². The van der Waals surface area contributed by atoms with Crippen LogP contribution >= 0.6 is 11.8 Å². The summed E-state index contributed by atoms with van der Waals surface area (Å²) in [5, 5.41) is 14.6. The molecule has 0 aliphatic carbocycles. The predicted molar refractivity (Wildman–Crippen MR) is 125 cm³/mol. The van der Waals surface area contributed by atoms with Crippen LogP contribution in [0.2, 0.25) is 0 Å². The first kappa shape index (κ1) is 24.1. The quantitative estimate of drug-likeness (QED) is 0.213. The summed E-state index contributed by atoms with van der Waals surface area (Å²) in [5.74, 6) is -0.556. The summed E-state index contributed by atoms with van der Waals surface area (Å²) in [7, 11) is 1.34. The summed E-state index contributed by atoms with van der Waals surface area (Å²) >= 11 is 1.26. The van der Waals surface area contributed by atoms with Gasteiger partial charge in [0.05, 0.1) is 41.0 Å². The molecule has 1 amide bonds. The third-order valence-electron chi connectivity index (χ3n) is 4.87. The van der Waals surface area contributed by atoms with Crippen molar-refractivity contribution in [2.75, 3.05) is 24.8 Å². The Morgan fingerprint density at radius 2 is 2.00 bits per heavy atom. The van der Waals surface area contributed by atoms with E-state index in [2.05, 4.69) is 10.3 Å². The van der Waals surface area contributed by atoms with E-state index in [-0.39, 0.29) is 29.7 Å². The van der Waals surface area contributed by atoms with Crippen LogP contribution in [0, 0.1) is 17.0 Å². The lowest BCUT2D eigenvalue weighted by atomic mass is 10.1. The first-order chi connectivity index (χ1) is 15.8. The number of benzene rings is 2. The zero-order chi connectivity index (χ0) is 24.1. The molecule has 33 heavy (non-hydrogen) atoms. The van der Waals surface area contributed by atoms with Crippen LogP contribution in [0.25, 0.3) is 11.0 Å². The summed E-state index contributed by atoms with van der Waals surface area (Å²) in [4.78, 5) is 39.8. The molecule has 11 heteroatoms. The van der Waals surface area contributed by atoms with Crippen molar-refractivity contribution in [1.29, 1.82) is 0 Å². The van der Waals surface area contributed by atoms with Crippen LogP contribution in [0.15, 0.2) is 35.5 Å². The number of nitro benzene ring substituents is 1. The van der Waals surface area contributed by atoms with Gasteiger partial charge in [-0.1, -0.05) is 11.8 Å². The SMILES string of the molecule is CCOC(=O)c1ccc2c(c1)nc(SCC(=O)Nc1cc(OC)c([N+](=O)[O-])cc1C)n2CC. The smallest absolute Gasteiger partial charge is 0.338 e. The number of rotatable bonds is 9. The Hall–Kier alpha value is -3.60. The van der Waals surface area contributed by atoms with Crippen LogP contribution in [-0.2, 0) is 16.1 Å². The van der Waals surface area contributed by atoms with Gasteiger partial charge in [-0.2, -0.15) is 0 Å². The molecule has 0 saturated heterocycles. The van der Waals surface area contributed by atoms with Gasteiger partial charge in [0.1, 0.15) is 0 Å². The molecule has 1 heterocycles. The minimum absolute atomic E-state index is 0.0683. The lowest BCUT2D eigenvalue weighted by Crippen LogP contribution is -2.15. The summed E-state index contributed by atoms with van der Waals surface area (Å²) < 4.78 is 12.1. The number of thioether (sulfide) groups is 1. The standard InChI is InChI=1S/C22H24N4O6S/c1-5-25-17-8-7-14(21(28)32-6-2)10-16(17)24-22(25)33-12-20(27)23-15-11-19(31-4)18(26(29)30)9-13(15)3/h7-11H,5-6,12H2,1-4H3,(H,23,27). The first-order valence-corrected chi connectivity index (χ1v) is 11.2. The van der Waals surface area contributed by atoms with E-state index < -0.39 is 10.9 Å². The van der Waals surface area contributed by atoms with Crippen LogP contribution in [0.1, 0.15) is 29.8 Å². The van der Waals surface area contributed by atoms with Gasteiger partial charge in [-0.05, 0) is 44.5 Å². The highest BCUT2D eigenvalue weighted by Crippen LogP contribution is 2.33. The number of nitrogens with one attached hydrogen (secondary N) is 1. The normalized spacial score (nSPS) is 10.8. The van der Waals surface area contributed by atoms with Crippen LogP contribution in [0.5, 0.6) is 5.75 Å². The lowest BCUT2D eigenvalue weighted by molar-refractivity contribution is -0.385. The van der Waals surface area contributed by atoms with Gasteiger partial charge in [0.25, 0.3) is 0 Å². The minimum atomic E-state index is -0.532. The van der Waals surface area contributed by atoms with Crippen molar-refractivity contribution < 1.29 is 24.0 Å². The molecule has 0 bridgehead atoms. The van der Waals surface area contributed by atoms with E-state index in [0.717, 1.165) is 5.52 Å². The third kappa shape index (κ3) is 5.25.